The Morgan fingerprint density at radius 3 is 2.58 bits per heavy atom. The van der Waals surface area contributed by atoms with Crippen LogP contribution in [0.25, 0.3) is 0 Å². The third-order valence-corrected chi connectivity index (χ3v) is 6.04. The van der Waals surface area contributed by atoms with Crippen molar-refractivity contribution in [3.05, 3.63) is 35.4 Å². The maximum Gasteiger partial charge on any atom is 0.239 e. The van der Waals surface area contributed by atoms with Crippen LogP contribution in [0.3, 0.4) is 0 Å². The second-order valence-electron chi connectivity index (χ2n) is 7.47. The van der Waals surface area contributed by atoms with Gasteiger partial charge in [0.2, 0.25) is 5.91 Å². The number of hydrogen-bond donors (Lipinski definition) is 1. The summed E-state index contributed by atoms with van der Waals surface area (Å²) in [4.78, 5) is 17.2. The van der Waals surface area contributed by atoms with Crippen LogP contribution >= 0.6 is 0 Å². The van der Waals surface area contributed by atoms with Crippen molar-refractivity contribution in [3.8, 4) is 0 Å². The first kappa shape index (κ1) is 17.4. The lowest BCUT2D eigenvalue weighted by Crippen LogP contribution is -2.51. The number of benzene rings is 1. The number of amides is 1. The van der Waals surface area contributed by atoms with Crippen LogP contribution in [-0.4, -0.2) is 53.1 Å². The lowest BCUT2D eigenvalue weighted by Gasteiger charge is -2.39. The van der Waals surface area contributed by atoms with Crippen molar-refractivity contribution >= 4 is 5.91 Å². The molecule has 3 rings (SSSR count). The quantitative estimate of drug-likeness (QED) is 0.922. The SMILES string of the molecule is CC(C(=O)N(C)C1CCC(CO)CC1)N1CCc2ccccc2C1. The van der Waals surface area contributed by atoms with Crippen molar-refractivity contribution < 1.29 is 9.90 Å². The second-order valence-corrected chi connectivity index (χ2v) is 7.47. The Kier molecular flexibility index (Phi) is 5.57. The molecule has 24 heavy (non-hydrogen) atoms. The van der Waals surface area contributed by atoms with E-state index in [0.29, 0.717) is 12.0 Å². The predicted molar refractivity (Wildman–Crippen MR) is 95.6 cm³/mol. The molecule has 0 bridgehead atoms. The average Bonchev–Trinajstić information content (AvgIpc) is 2.66. The summed E-state index contributed by atoms with van der Waals surface area (Å²) in [5.74, 6) is 0.669. The normalized spacial score (nSPS) is 25.8. The molecular formula is C20H30N2O2. The number of carbonyl (C=O) groups excluding carboxylic acids is 1. The van der Waals surface area contributed by atoms with Crippen LogP contribution in [-0.2, 0) is 17.8 Å². The summed E-state index contributed by atoms with van der Waals surface area (Å²) in [6.45, 7) is 4.16. The van der Waals surface area contributed by atoms with Gasteiger partial charge in [-0.15, -0.1) is 0 Å². The van der Waals surface area contributed by atoms with Crippen LogP contribution in [0.15, 0.2) is 24.3 Å². The molecular weight excluding hydrogens is 300 g/mol. The molecule has 1 aliphatic heterocycles. The molecule has 1 amide bonds. The molecule has 0 radical (unpaired) electrons. The van der Waals surface area contributed by atoms with Gasteiger partial charge in [-0.05, 0) is 56.1 Å². The molecule has 0 spiro atoms. The van der Waals surface area contributed by atoms with E-state index in [2.05, 4.69) is 29.2 Å². The van der Waals surface area contributed by atoms with Crippen molar-refractivity contribution in [1.82, 2.24) is 9.80 Å². The smallest absolute Gasteiger partial charge is 0.239 e. The number of aliphatic hydroxyl groups is 1. The molecule has 4 heteroatoms. The zero-order valence-electron chi connectivity index (χ0n) is 14.9. The maximum absolute atomic E-state index is 12.9. The van der Waals surface area contributed by atoms with Gasteiger partial charge in [0.1, 0.15) is 0 Å². The Hall–Kier alpha value is -1.39. The number of carbonyl (C=O) groups is 1. The van der Waals surface area contributed by atoms with Gasteiger partial charge in [-0.25, -0.2) is 0 Å². The fraction of sp³-hybridized carbons (Fsp3) is 0.650. The summed E-state index contributed by atoms with van der Waals surface area (Å²) in [6, 6.07) is 8.82. The number of nitrogens with zero attached hydrogens (tertiary/aromatic N) is 2. The van der Waals surface area contributed by atoms with Crippen molar-refractivity contribution in [3.63, 3.8) is 0 Å². The Labute approximate surface area is 145 Å². The summed E-state index contributed by atoms with van der Waals surface area (Å²) in [5.41, 5.74) is 2.78. The van der Waals surface area contributed by atoms with E-state index in [1.807, 2.05) is 18.9 Å². The second kappa shape index (κ2) is 7.66. The van der Waals surface area contributed by atoms with Crippen molar-refractivity contribution in [2.45, 2.75) is 57.7 Å². The largest absolute Gasteiger partial charge is 0.396 e. The van der Waals surface area contributed by atoms with E-state index >= 15 is 0 Å². The van der Waals surface area contributed by atoms with Gasteiger partial charge in [0, 0.05) is 32.8 Å². The molecule has 132 valence electrons. The number of likely N-dealkylation sites (N-methyl/N-ethyl adjacent to an activating group) is 1. The summed E-state index contributed by atoms with van der Waals surface area (Å²) in [7, 11) is 1.96. The van der Waals surface area contributed by atoms with Gasteiger partial charge >= 0.3 is 0 Å². The third kappa shape index (κ3) is 3.65. The topological polar surface area (TPSA) is 43.8 Å². The van der Waals surface area contributed by atoms with Crippen LogP contribution in [0.4, 0.5) is 0 Å². The molecule has 2 aliphatic rings. The predicted octanol–water partition coefficient (Wildman–Crippen LogP) is 2.44. The number of fused-ring (bicyclic) bond motifs is 1. The fourth-order valence-electron chi connectivity index (χ4n) is 4.19. The van der Waals surface area contributed by atoms with Crippen molar-refractivity contribution in [2.75, 3.05) is 20.2 Å². The van der Waals surface area contributed by atoms with Crippen LogP contribution in [0.5, 0.6) is 0 Å². The molecule has 0 saturated heterocycles. The molecule has 1 aromatic carbocycles. The van der Waals surface area contributed by atoms with Gasteiger partial charge in [0.15, 0.2) is 0 Å². The Morgan fingerprint density at radius 2 is 1.92 bits per heavy atom. The van der Waals surface area contributed by atoms with E-state index in [9.17, 15) is 9.90 Å². The molecule has 1 aromatic rings. The minimum Gasteiger partial charge on any atom is -0.396 e. The Bertz CT molecular complexity index is 567. The van der Waals surface area contributed by atoms with Gasteiger partial charge < -0.3 is 10.0 Å². The van der Waals surface area contributed by atoms with Crippen LogP contribution < -0.4 is 0 Å². The van der Waals surface area contributed by atoms with Gasteiger partial charge in [0.05, 0.1) is 6.04 Å². The van der Waals surface area contributed by atoms with Gasteiger partial charge in [-0.3, -0.25) is 9.69 Å². The minimum absolute atomic E-state index is 0.0704. The summed E-state index contributed by atoms with van der Waals surface area (Å²) >= 11 is 0. The van der Waals surface area contributed by atoms with E-state index in [4.69, 9.17) is 0 Å². The molecule has 1 saturated carbocycles. The number of rotatable bonds is 4. The zero-order chi connectivity index (χ0) is 17.1. The molecule has 1 aliphatic carbocycles. The fourth-order valence-corrected chi connectivity index (χ4v) is 4.19. The summed E-state index contributed by atoms with van der Waals surface area (Å²) in [6.07, 6.45) is 5.12. The van der Waals surface area contributed by atoms with E-state index in [1.165, 1.54) is 11.1 Å². The van der Waals surface area contributed by atoms with Crippen LogP contribution in [0.2, 0.25) is 0 Å². The molecule has 1 atom stereocenters. The lowest BCUT2D eigenvalue weighted by atomic mass is 9.86. The van der Waals surface area contributed by atoms with Gasteiger partial charge in [-0.1, -0.05) is 24.3 Å². The summed E-state index contributed by atoms with van der Waals surface area (Å²) < 4.78 is 0. The summed E-state index contributed by atoms with van der Waals surface area (Å²) in [5, 5.41) is 9.28. The van der Waals surface area contributed by atoms with Gasteiger partial charge in [-0.2, -0.15) is 0 Å². The highest BCUT2D eigenvalue weighted by molar-refractivity contribution is 5.81. The minimum atomic E-state index is -0.0704. The lowest BCUT2D eigenvalue weighted by molar-refractivity contribution is -0.138. The molecule has 0 aromatic heterocycles. The average molecular weight is 330 g/mol. The van der Waals surface area contributed by atoms with Crippen molar-refractivity contribution in [2.24, 2.45) is 5.92 Å². The highest BCUT2D eigenvalue weighted by Crippen LogP contribution is 2.28. The Morgan fingerprint density at radius 1 is 1.25 bits per heavy atom. The van der Waals surface area contributed by atoms with Crippen LogP contribution in [0.1, 0.15) is 43.7 Å². The van der Waals surface area contributed by atoms with Crippen LogP contribution in [0, 0.1) is 5.92 Å². The molecule has 1 heterocycles. The first-order chi connectivity index (χ1) is 11.6. The van der Waals surface area contributed by atoms with Gasteiger partial charge in [0.25, 0.3) is 0 Å². The third-order valence-electron chi connectivity index (χ3n) is 6.04. The highest BCUT2D eigenvalue weighted by atomic mass is 16.3. The van der Waals surface area contributed by atoms with E-state index in [0.717, 1.165) is 45.2 Å². The monoisotopic (exact) mass is 330 g/mol. The zero-order valence-corrected chi connectivity index (χ0v) is 14.9. The molecule has 1 N–H and O–H groups in total. The van der Waals surface area contributed by atoms with E-state index in [1.54, 1.807) is 0 Å². The first-order valence-electron chi connectivity index (χ1n) is 9.28. The van der Waals surface area contributed by atoms with E-state index in [-0.39, 0.29) is 18.6 Å². The number of hydrogen-bond acceptors (Lipinski definition) is 3. The maximum atomic E-state index is 12.9. The Balaban J connectivity index is 1.59. The standard InChI is InChI=1S/C20H30N2O2/c1-15(22-12-11-17-5-3-4-6-18(17)13-22)20(24)21(2)19-9-7-16(14-23)8-10-19/h3-6,15-16,19,23H,7-14H2,1-2H3. The first-order valence-corrected chi connectivity index (χ1v) is 9.28. The molecule has 4 nitrogen and oxygen atoms in total. The number of aliphatic hydroxyl groups excluding tert-OH is 1. The van der Waals surface area contributed by atoms with E-state index < -0.39 is 0 Å². The molecule has 1 fully saturated rings. The molecule has 1 unspecified atom stereocenters. The highest BCUT2D eigenvalue weighted by Gasteiger charge is 2.31. The van der Waals surface area contributed by atoms with Crippen molar-refractivity contribution in [1.29, 1.82) is 0 Å².